The van der Waals surface area contributed by atoms with E-state index in [2.05, 4.69) is 20.6 Å². The number of nitrogens with zero attached hydrogens (tertiary/aromatic N) is 3. The van der Waals surface area contributed by atoms with Crippen molar-refractivity contribution in [2.24, 2.45) is 0 Å². The van der Waals surface area contributed by atoms with Crippen LogP contribution in [-0.2, 0) is 9.53 Å². The molecule has 0 aromatic carbocycles. The second kappa shape index (κ2) is 9.56. The van der Waals surface area contributed by atoms with Gasteiger partial charge in [0.15, 0.2) is 0 Å². The van der Waals surface area contributed by atoms with Crippen molar-refractivity contribution in [3.8, 4) is 0 Å². The second-order valence-electron chi connectivity index (χ2n) is 8.30. The van der Waals surface area contributed by atoms with Crippen LogP contribution in [0.25, 0.3) is 0 Å². The number of carbonyl (C=O) groups excluding carboxylic acids is 2. The van der Waals surface area contributed by atoms with E-state index in [1.807, 2.05) is 37.8 Å². The Morgan fingerprint density at radius 3 is 2.57 bits per heavy atom. The molecule has 0 bridgehead atoms. The van der Waals surface area contributed by atoms with Crippen molar-refractivity contribution in [2.45, 2.75) is 45.3 Å². The van der Waals surface area contributed by atoms with Crippen LogP contribution in [-0.4, -0.2) is 58.0 Å². The molecular formula is C22H29N5O3. The number of rotatable bonds is 6. The molecule has 8 heteroatoms. The molecule has 1 fully saturated rings. The van der Waals surface area contributed by atoms with E-state index < -0.39 is 11.6 Å². The van der Waals surface area contributed by atoms with Crippen molar-refractivity contribution >= 4 is 23.4 Å². The third kappa shape index (κ3) is 6.17. The third-order valence-electron chi connectivity index (χ3n) is 4.71. The Balaban J connectivity index is 1.50. The van der Waals surface area contributed by atoms with E-state index >= 15 is 0 Å². The number of hydrogen-bond acceptors (Lipinski definition) is 7. The van der Waals surface area contributed by atoms with Gasteiger partial charge >= 0.3 is 5.97 Å². The Labute approximate surface area is 177 Å². The smallest absolute Gasteiger partial charge is 0.342 e. The zero-order chi connectivity index (χ0) is 21.6. The quantitative estimate of drug-likeness (QED) is 0.706. The van der Waals surface area contributed by atoms with Gasteiger partial charge in [-0.15, -0.1) is 0 Å². The van der Waals surface area contributed by atoms with Crippen LogP contribution < -0.4 is 10.6 Å². The largest absolute Gasteiger partial charge is 0.456 e. The lowest BCUT2D eigenvalue weighted by molar-refractivity contribution is -0.130. The highest BCUT2D eigenvalue weighted by Gasteiger charge is 2.24. The molecule has 0 aliphatic carbocycles. The van der Waals surface area contributed by atoms with Crippen LogP contribution in [0.5, 0.6) is 0 Å². The number of hydrogen-bond donors (Lipinski definition) is 2. The molecule has 0 spiro atoms. The number of aromatic nitrogens is 2. The summed E-state index contributed by atoms with van der Waals surface area (Å²) in [6.07, 6.45) is 6.86. The first-order chi connectivity index (χ1) is 14.3. The fourth-order valence-corrected chi connectivity index (χ4v) is 3.27. The minimum Gasteiger partial charge on any atom is -0.456 e. The first-order valence-electron chi connectivity index (χ1n) is 10.2. The van der Waals surface area contributed by atoms with Gasteiger partial charge in [0.1, 0.15) is 17.0 Å². The predicted octanol–water partition coefficient (Wildman–Crippen LogP) is 2.95. The lowest BCUT2D eigenvalue weighted by atomic mass is 10.0. The van der Waals surface area contributed by atoms with Crippen LogP contribution in [0.15, 0.2) is 42.9 Å². The molecule has 0 saturated carbocycles. The van der Waals surface area contributed by atoms with Gasteiger partial charge in [0.25, 0.3) is 0 Å². The molecule has 160 valence electrons. The van der Waals surface area contributed by atoms with Crippen molar-refractivity contribution in [2.75, 3.05) is 30.3 Å². The number of nitrogens with one attached hydrogen (secondary N) is 2. The minimum atomic E-state index is -0.603. The van der Waals surface area contributed by atoms with Gasteiger partial charge in [-0.1, -0.05) is 0 Å². The number of esters is 1. The maximum atomic E-state index is 12.6. The van der Waals surface area contributed by atoms with Gasteiger partial charge in [-0.3, -0.25) is 9.78 Å². The summed E-state index contributed by atoms with van der Waals surface area (Å²) in [4.78, 5) is 35.2. The van der Waals surface area contributed by atoms with Gasteiger partial charge in [-0.05, 0) is 57.9 Å². The van der Waals surface area contributed by atoms with Gasteiger partial charge < -0.3 is 20.3 Å². The van der Waals surface area contributed by atoms with E-state index in [0.717, 1.165) is 18.5 Å². The monoisotopic (exact) mass is 411 g/mol. The Kier molecular flexibility index (Phi) is 6.87. The summed E-state index contributed by atoms with van der Waals surface area (Å²) in [5.41, 5.74) is 0.710. The number of ether oxygens (including phenoxy) is 1. The minimum absolute atomic E-state index is 0.0179. The maximum absolute atomic E-state index is 12.6. The Morgan fingerprint density at radius 1 is 1.17 bits per heavy atom. The Bertz CT molecular complexity index is 859. The topological polar surface area (TPSA) is 96.4 Å². The van der Waals surface area contributed by atoms with Gasteiger partial charge in [0.05, 0.1) is 12.2 Å². The summed E-state index contributed by atoms with van der Waals surface area (Å²) in [6.45, 7) is 6.87. The molecule has 3 heterocycles. The van der Waals surface area contributed by atoms with Gasteiger partial charge in [-0.2, -0.15) is 0 Å². The van der Waals surface area contributed by atoms with Crippen LogP contribution in [0.3, 0.4) is 0 Å². The predicted molar refractivity (Wildman–Crippen MR) is 115 cm³/mol. The third-order valence-corrected chi connectivity index (χ3v) is 4.71. The molecule has 0 unspecified atom stereocenters. The molecule has 1 aliphatic heterocycles. The summed E-state index contributed by atoms with van der Waals surface area (Å²) < 4.78 is 5.42. The van der Waals surface area contributed by atoms with E-state index in [9.17, 15) is 9.59 Å². The molecule has 8 nitrogen and oxygen atoms in total. The number of carbonyl (C=O) groups is 2. The van der Waals surface area contributed by atoms with Gasteiger partial charge in [0.2, 0.25) is 5.91 Å². The van der Waals surface area contributed by atoms with Crippen LogP contribution in [0.1, 0.15) is 44.0 Å². The van der Waals surface area contributed by atoms with E-state index in [0.29, 0.717) is 30.5 Å². The SMILES string of the molecule is CC(C)(C)OC(=O)c1cccnc1NCC(=O)N1CCC(Nc2cccnc2)CC1. The lowest BCUT2D eigenvalue weighted by Crippen LogP contribution is -2.44. The lowest BCUT2D eigenvalue weighted by Gasteiger charge is -2.33. The first kappa shape index (κ1) is 21.5. The van der Waals surface area contributed by atoms with Crippen LogP contribution in [0.4, 0.5) is 11.5 Å². The van der Waals surface area contributed by atoms with E-state index in [4.69, 9.17) is 4.74 Å². The fraction of sp³-hybridized carbons (Fsp3) is 0.455. The molecule has 2 aromatic heterocycles. The van der Waals surface area contributed by atoms with Crippen LogP contribution >= 0.6 is 0 Å². The molecule has 1 amide bonds. The van der Waals surface area contributed by atoms with E-state index in [-0.39, 0.29) is 12.5 Å². The summed E-state index contributed by atoms with van der Waals surface area (Å²) in [5, 5.41) is 6.46. The summed E-state index contributed by atoms with van der Waals surface area (Å²) >= 11 is 0. The molecule has 1 aliphatic rings. The molecule has 2 aromatic rings. The van der Waals surface area contributed by atoms with Crippen molar-refractivity contribution in [1.29, 1.82) is 0 Å². The molecule has 2 N–H and O–H groups in total. The zero-order valence-electron chi connectivity index (χ0n) is 17.7. The number of anilines is 2. The van der Waals surface area contributed by atoms with E-state index in [1.54, 1.807) is 30.7 Å². The summed E-state index contributed by atoms with van der Waals surface area (Å²) in [7, 11) is 0. The molecular weight excluding hydrogens is 382 g/mol. The Morgan fingerprint density at radius 2 is 1.90 bits per heavy atom. The van der Waals surface area contributed by atoms with Gasteiger partial charge in [0, 0.05) is 37.7 Å². The standard InChI is InChI=1S/C22H29N5O3/c1-22(2,3)30-21(29)18-7-5-11-24-20(18)25-15-19(28)27-12-8-16(9-13-27)26-17-6-4-10-23-14-17/h4-7,10-11,14,16,26H,8-9,12-13,15H2,1-3H3,(H,24,25). The normalized spacial score (nSPS) is 14.8. The first-order valence-corrected chi connectivity index (χ1v) is 10.2. The highest BCUT2D eigenvalue weighted by molar-refractivity contribution is 5.95. The van der Waals surface area contributed by atoms with Crippen molar-refractivity contribution in [3.63, 3.8) is 0 Å². The van der Waals surface area contributed by atoms with Crippen molar-refractivity contribution in [3.05, 3.63) is 48.4 Å². The number of piperidine rings is 1. The van der Waals surface area contributed by atoms with Crippen LogP contribution in [0, 0.1) is 0 Å². The summed E-state index contributed by atoms with van der Waals surface area (Å²) in [6, 6.07) is 7.52. The van der Waals surface area contributed by atoms with Gasteiger partial charge in [-0.25, -0.2) is 9.78 Å². The maximum Gasteiger partial charge on any atom is 0.342 e. The average molecular weight is 412 g/mol. The zero-order valence-corrected chi connectivity index (χ0v) is 17.7. The highest BCUT2D eigenvalue weighted by atomic mass is 16.6. The molecule has 30 heavy (non-hydrogen) atoms. The number of likely N-dealkylation sites (tertiary alicyclic amines) is 1. The van der Waals surface area contributed by atoms with Crippen molar-refractivity contribution < 1.29 is 14.3 Å². The molecule has 0 atom stereocenters. The van der Waals surface area contributed by atoms with Crippen LogP contribution in [0.2, 0.25) is 0 Å². The van der Waals surface area contributed by atoms with Crippen molar-refractivity contribution in [1.82, 2.24) is 14.9 Å². The molecule has 3 rings (SSSR count). The molecule has 1 saturated heterocycles. The summed E-state index contributed by atoms with van der Waals surface area (Å²) in [5.74, 6) is -0.128. The Hall–Kier alpha value is -3.16. The average Bonchev–Trinajstić information content (AvgIpc) is 2.72. The van der Waals surface area contributed by atoms with E-state index in [1.165, 1.54) is 0 Å². The number of pyridine rings is 2. The highest BCUT2D eigenvalue weighted by Crippen LogP contribution is 2.18. The fourth-order valence-electron chi connectivity index (χ4n) is 3.27. The molecule has 0 radical (unpaired) electrons. The number of amides is 1. The second-order valence-corrected chi connectivity index (χ2v) is 8.30.